The summed E-state index contributed by atoms with van der Waals surface area (Å²) in [5.41, 5.74) is 2.03. The molecule has 2 aromatic carbocycles. The van der Waals surface area contributed by atoms with Crippen molar-refractivity contribution in [3.05, 3.63) is 71.3 Å². The van der Waals surface area contributed by atoms with E-state index in [-0.39, 0.29) is 41.7 Å². The van der Waals surface area contributed by atoms with Gasteiger partial charge in [0.1, 0.15) is 17.7 Å². The minimum atomic E-state index is -0.261. The zero-order valence-electron chi connectivity index (χ0n) is 18.7. The molecule has 0 saturated carbocycles. The summed E-state index contributed by atoms with van der Waals surface area (Å²) in [5.74, 6) is 0.309. The molecule has 1 unspecified atom stereocenters. The highest BCUT2D eigenvalue weighted by atomic mass is 127. The van der Waals surface area contributed by atoms with Gasteiger partial charge in [0, 0.05) is 39.3 Å². The van der Waals surface area contributed by atoms with Gasteiger partial charge in [-0.2, -0.15) is 0 Å². The fraction of sp³-hybridized carbons (Fsp3) is 0.458. The van der Waals surface area contributed by atoms with Crippen molar-refractivity contribution in [1.29, 1.82) is 0 Å². The van der Waals surface area contributed by atoms with E-state index in [4.69, 9.17) is 9.73 Å². The molecule has 0 aliphatic carbocycles. The monoisotopic (exact) mass is 558 g/mol. The van der Waals surface area contributed by atoms with E-state index in [1.54, 1.807) is 19.2 Å². The molecule has 5 nitrogen and oxygen atoms in total. The van der Waals surface area contributed by atoms with Crippen LogP contribution < -0.4 is 10.6 Å². The Bertz CT molecular complexity index is 825. The van der Waals surface area contributed by atoms with E-state index in [0.29, 0.717) is 12.6 Å². The molecule has 0 amide bonds. The summed E-state index contributed by atoms with van der Waals surface area (Å²) >= 11 is 0. The lowest BCUT2D eigenvalue weighted by atomic mass is 10.0. The van der Waals surface area contributed by atoms with Crippen molar-refractivity contribution in [2.75, 3.05) is 33.3 Å². The number of hydrogen-bond acceptors (Lipinski definition) is 3. The molecule has 1 atom stereocenters. The van der Waals surface area contributed by atoms with Crippen LogP contribution in [0.3, 0.4) is 0 Å². The zero-order chi connectivity index (χ0) is 22.1. The Morgan fingerprint density at radius 2 is 1.66 bits per heavy atom. The van der Waals surface area contributed by atoms with Crippen molar-refractivity contribution >= 4 is 29.9 Å². The highest BCUT2D eigenvalue weighted by Crippen LogP contribution is 2.18. The summed E-state index contributed by atoms with van der Waals surface area (Å²) in [5, 5.41) is 6.84. The number of benzene rings is 2. The number of halogens is 3. The second kappa shape index (κ2) is 13.7. The van der Waals surface area contributed by atoms with Crippen LogP contribution in [-0.4, -0.2) is 50.2 Å². The highest BCUT2D eigenvalue weighted by Gasteiger charge is 2.20. The second-order valence-electron chi connectivity index (χ2n) is 7.82. The van der Waals surface area contributed by atoms with Gasteiger partial charge >= 0.3 is 0 Å². The van der Waals surface area contributed by atoms with Crippen LogP contribution in [0.4, 0.5) is 8.78 Å². The fourth-order valence-electron chi connectivity index (χ4n) is 3.76. The van der Waals surface area contributed by atoms with E-state index in [1.807, 2.05) is 19.1 Å². The Hall–Kier alpha value is -1.78. The van der Waals surface area contributed by atoms with E-state index >= 15 is 0 Å². The van der Waals surface area contributed by atoms with Crippen LogP contribution in [0.2, 0.25) is 0 Å². The van der Waals surface area contributed by atoms with Crippen LogP contribution in [0.5, 0.6) is 0 Å². The molecular weight excluding hydrogens is 525 g/mol. The summed E-state index contributed by atoms with van der Waals surface area (Å²) in [4.78, 5) is 7.09. The normalized spacial score (nSPS) is 16.3. The molecule has 1 aliphatic rings. The minimum absolute atomic E-state index is 0. The van der Waals surface area contributed by atoms with Crippen LogP contribution in [0.1, 0.15) is 37.0 Å². The van der Waals surface area contributed by atoms with Crippen molar-refractivity contribution in [3.63, 3.8) is 0 Å². The summed E-state index contributed by atoms with van der Waals surface area (Å²) < 4.78 is 31.8. The van der Waals surface area contributed by atoms with E-state index in [0.717, 1.165) is 56.1 Å². The summed E-state index contributed by atoms with van der Waals surface area (Å²) in [6, 6.07) is 13.4. The van der Waals surface area contributed by atoms with Gasteiger partial charge in [0.25, 0.3) is 0 Å². The van der Waals surface area contributed by atoms with E-state index in [9.17, 15) is 8.78 Å². The molecule has 2 N–H and O–H groups in total. The molecule has 1 heterocycles. The van der Waals surface area contributed by atoms with Gasteiger partial charge < -0.3 is 15.4 Å². The first-order valence-corrected chi connectivity index (χ1v) is 10.9. The molecule has 2 aromatic rings. The SMILES string of the molecule is CCNC(=NCC(OC)c1ccc(F)cc1)NC1CCN(Cc2ccc(F)cc2)CC1.I. The number of guanidine groups is 1. The average molecular weight is 558 g/mol. The Kier molecular flexibility index (Phi) is 11.3. The maximum atomic E-state index is 13.2. The summed E-state index contributed by atoms with van der Waals surface area (Å²) in [6.45, 7) is 6.05. The molecule has 1 aliphatic heterocycles. The molecule has 0 radical (unpaired) electrons. The molecule has 0 spiro atoms. The van der Waals surface area contributed by atoms with Crippen LogP contribution >= 0.6 is 24.0 Å². The summed E-state index contributed by atoms with van der Waals surface area (Å²) in [7, 11) is 1.64. The Labute approximate surface area is 206 Å². The van der Waals surface area contributed by atoms with Gasteiger partial charge in [-0.05, 0) is 55.2 Å². The van der Waals surface area contributed by atoms with Gasteiger partial charge in [0.05, 0.1) is 6.54 Å². The van der Waals surface area contributed by atoms with Gasteiger partial charge in [-0.1, -0.05) is 24.3 Å². The largest absolute Gasteiger partial charge is 0.375 e. The number of rotatable bonds is 8. The van der Waals surface area contributed by atoms with Crippen LogP contribution in [0, 0.1) is 11.6 Å². The lowest BCUT2D eigenvalue weighted by Gasteiger charge is -2.33. The van der Waals surface area contributed by atoms with Crippen molar-refractivity contribution in [1.82, 2.24) is 15.5 Å². The first-order valence-electron chi connectivity index (χ1n) is 10.9. The van der Waals surface area contributed by atoms with Crippen molar-refractivity contribution in [2.45, 2.75) is 38.5 Å². The molecule has 1 saturated heterocycles. The minimum Gasteiger partial charge on any atom is -0.375 e. The maximum Gasteiger partial charge on any atom is 0.191 e. The topological polar surface area (TPSA) is 48.9 Å². The van der Waals surface area contributed by atoms with Gasteiger partial charge in [0.2, 0.25) is 0 Å². The molecule has 0 aromatic heterocycles. The zero-order valence-corrected chi connectivity index (χ0v) is 21.0. The maximum absolute atomic E-state index is 13.2. The third kappa shape index (κ3) is 8.29. The van der Waals surface area contributed by atoms with Crippen molar-refractivity contribution in [3.8, 4) is 0 Å². The number of aliphatic imine (C=N–C) groups is 1. The van der Waals surface area contributed by atoms with Crippen molar-refractivity contribution in [2.24, 2.45) is 4.99 Å². The Balaban J connectivity index is 0.00000363. The summed E-state index contributed by atoms with van der Waals surface area (Å²) in [6.07, 6.45) is 1.79. The number of likely N-dealkylation sites (tertiary alicyclic amines) is 1. The average Bonchev–Trinajstić information content (AvgIpc) is 2.78. The van der Waals surface area contributed by atoms with Crippen LogP contribution in [0.15, 0.2) is 53.5 Å². The predicted molar refractivity (Wildman–Crippen MR) is 135 cm³/mol. The second-order valence-corrected chi connectivity index (χ2v) is 7.82. The smallest absolute Gasteiger partial charge is 0.191 e. The third-order valence-corrected chi connectivity index (χ3v) is 5.53. The first-order chi connectivity index (χ1) is 15.1. The molecule has 176 valence electrons. The molecule has 1 fully saturated rings. The highest BCUT2D eigenvalue weighted by molar-refractivity contribution is 14.0. The first kappa shape index (κ1) is 26.5. The number of piperidine rings is 1. The molecule has 3 rings (SSSR count). The van der Waals surface area contributed by atoms with E-state index in [1.165, 1.54) is 24.3 Å². The van der Waals surface area contributed by atoms with Gasteiger partial charge in [0.15, 0.2) is 5.96 Å². The Morgan fingerprint density at radius 3 is 2.22 bits per heavy atom. The van der Waals surface area contributed by atoms with Crippen LogP contribution in [-0.2, 0) is 11.3 Å². The fourth-order valence-corrected chi connectivity index (χ4v) is 3.76. The Morgan fingerprint density at radius 1 is 1.06 bits per heavy atom. The number of methoxy groups -OCH3 is 1. The van der Waals surface area contributed by atoms with E-state index < -0.39 is 0 Å². The van der Waals surface area contributed by atoms with Gasteiger partial charge in [-0.15, -0.1) is 24.0 Å². The third-order valence-electron chi connectivity index (χ3n) is 5.53. The van der Waals surface area contributed by atoms with Crippen molar-refractivity contribution < 1.29 is 13.5 Å². The standard InChI is InChI=1S/C24H32F2N4O.HI/c1-3-27-24(28-16-23(31-2)19-6-10-21(26)11-7-19)29-22-12-14-30(15-13-22)17-18-4-8-20(25)9-5-18;/h4-11,22-23H,3,12-17H2,1-2H3,(H2,27,28,29);1H. The lowest BCUT2D eigenvalue weighted by Crippen LogP contribution is -2.48. The number of ether oxygens (including phenoxy) is 1. The molecule has 0 bridgehead atoms. The lowest BCUT2D eigenvalue weighted by molar-refractivity contribution is 0.110. The van der Waals surface area contributed by atoms with Gasteiger partial charge in [-0.25, -0.2) is 8.78 Å². The quantitative estimate of drug-likeness (QED) is 0.285. The number of hydrogen-bond donors (Lipinski definition) is 2. The van der Waals surface area contributed by atoms with E-state index in [2.05, 4.69) is 15.5 Å². The molecular formula is C24H33F2IN4O. The molecule has 32 heavy (non-hydrogen) atoms. The molecule has 8 heteroatoms. The van der Waals surface area contributed by atoms with Gasteiger partial charge in [-0.3, -0.25) is 9.89 Å². The van der Waals surface area contributed by atoms with Crippen LogP contribution in [0.25, 0.3) is 0 Å². The number of nitrogens with zero attached hydrogens (tertiary/aromatic N) is 2. The predicted octanol–water partition coefficient (Wildman–Crippen LogP) is 4.49. The number of nitrogens with one attached hydrogen (secondary N) is 2.